The number of carboxylic acid groups (broad SMARTS) is 1. The lowest BCUT2D eigenvalue weighted by atomic mass is 9.92. The van der Waals surface area contributed by atoms with E-state index in [4.69, 9.17) is 9.47 Å². The summed E-state index contributed by atoms with van der Waals surface area (Å²) in [5.74, 6) is -1.63. The molecule has 11 nitrogen and oxygen atoms in total. The standard InChI is InChI=1S/C22H35N5O6/c28-22(29)20(17-23-5-7-25-9-13-32-14-10-25)21(18-1-3-19(4-2-18)27(30)31)24-6-8-26-11-15-33-16-12-26/h1-4,20-21,23-24H,5-17H2,(H,28,29). The Hall–Kier alpha value is -2.15. The second kappa shape index (κ2) is 13.5. The van der Waals surface area contributed by atoms with Crippen LogP contribution >= 0.6 is 0 Å². The van der Waals surface area contributed by atoms with Gasteiger partial charge in [-0.3, -0.25) is 24.7 Å². The third kappa shape index (κ3) is 8.29. The summed E-state index contributed by atoms with van der Waals surface area (Å²) in [5, 5.41) is 27.7. The summed E-state index contributed by atoms with van der Waals surface area (Å²) in [5.41, 5.74) is 0.714. The average Bonchev–Trinajstić information content (AvgIpc) is 2.84. The summed E-state index contributed by atoms with van der Waals surface area (Å²) < 4.78 is 10.7. The van der Waals surface area contributed by atoms with E-state index in [0.717, 1.165) is 58.0 Å². The summed E-state index contributed by atoms with van der Waals surface area (Å²) in [6.07, 6.45) is 0. The van der Waals surface area contributed by atoms with Crippen molar-refractivity contribution in [2.75, 3.05) is 85.3 Å². The van der Waals surface area contributed by atoms with E-state index in [2.05, 4.69) is 20.4 Å². The van der Waals surface area contributed by atoms with Gasteiger partial charge in [-0.1, -0.05) is 12.1 Å². The van der Waals surface area contributed by atoms with Crippen LogP contribution in [0.25, 0.3) is 0 Å². The van der Waals surface area contributed by atoms with Crippen LogP contribution in [0, 0.1) is 16.0 Å². The van der Waals surface area contributed by atoms with Gasteiger partial charge in [0.1, 0.15) is 0 Å². The molecule has 2 aliphatic heterocycles. The Morgan fingerprint density at radius 3 is 2.06 bits per heavy atom. The highest BCUT2D eigenvalue weighted by atomic mass is 16.6. The lowest BCUT2D eigenvalue weighted by Gasteiger charge is -2.30. The molecular formula is C22H35N5O6. The lowest BCUT2D eigenvalue weighted by molar-refractivity contribution is -0.384. The molecule has 2 heterocycles. The number of hydrogen-bond donors (Lipinski definition) is 3. The molecule has 2 saturated heterocycles. The van der Waals surface area contributed by atoms with Crippen LogP contribution in [0.4, 0.5) is 5.69 Å². The number of nitro benzene ring substituents is 1. The van der Waals surface area contributed by atoms with Gasteiger partial charge in [0.2, 0.25) is 0 Å². The lowest BCUT2D eigenvalue weighted by Crippen LogP contribution is -2.45. The van der Waals surface area contributed by atoms with Gasteiger partial charge < -0.3 is 25.2 Å². The molecule has 1 aromatic rings. The van der Waals surface area contributed by atoms with Crippen LogP contribution in [-0.4, -0.2) is 111 Å². The fourth-order valence-corrected chi connectivity index (χ4v) is 4.17. The minimum absolute atomic E-state index is 0.0127. The van der Waals surface area contributed by atoms with Gasteiger partial charge in [0.15, 0.2) is 0 Å². The van der Waals surface area contributed by atoms with Crippen molar-refractivity contribution in [2.45, 2.75) is 6.04 Å². The molecule has 2 atom stereocenters. The highest BCUT2D eigenvalue weighted by Crippen LogP contribution is 2.24. The molecule has 11 heteroatoms. The Bertz CT molecular complexity index is 737. The number of rotatable bonds is 13. The van der Waals surface area contributed by atoms with Gasteiger partial charge >= 0.3 is 5.97 Å². The second-order valence-corrected chi connectivity index (χ2v) is 8.34. The Balaban J connectivity index is 1.61. The first-order chi connectivity index (χ1) is 16.0. The molecule has 0 aliphatic carbocycles. The van der Waals surface area contributed by atoms with Crippen molar-refractivity contribution in [3.8, 4) is 0 Å². The van der Waals surface area contributed by atoms with E-state index in [9.17, 15) is 20.0 Å². The molecule has 0 spiro atoms. The van der Waals surface area contributed by atoms with Crippen LogP contribution in [0.15, 0.2) is 24.3 Å². The number of ether oxygens (including phenoxy) is 2. The Morgan fingerprint density at radius 2 is 1.55 bits per heavy atom. The Morgan fingerprint density at radius 1 is 1.00 bits per heavy atom. The topological polar surface area (TPSA) is 129 Å². The number of hydrogen-bond acceptors (Lipinski definition) is 9. The molecule has 2 aliphatic rings. The van der Waals surface area contributed by atoms with Gasteiger partial charge in [0, 0.05) is 77.1 Å². The van der Waals surface area contributed by atoms with Crippen molar-refractivity contribution < 1.29 is 24.3 Å². The number of aliphatic carboxylic acids is 1. The third-order valence-corrected chi connectivity index (χ3v) is 6.15. The van der Waals surface area contributed by atoms with E-state index >= 15 is 0 Å². The second-order valence-electron chi connectivity index (χ2n) is 8.34. The van der Waals surface area contributed by atoms with E-state index in [1.165, 1.54) is 12.1 Å². The summed E-state index contributed by atoms with van der Waals surface area (Å²) in [6, 6.07) is 5.68. The summed E-state index contributed by atoms with van der Waals surface area (Å²) in [7, 11) is 0. The summed E-state index contributed by atoms with van der Waals surface area (Å²) >= 11 is 0. The van der Waals surface area contributed by atoms with Gasteiger partial charge in [-0.2, -0.15) is 0 Å². The van der Waals surface area contributed by atoms with E-state index in [1.54, 1.807) is 12.1 Å². The number of benzene rings is 1. The molecule has 33 heavy (non-hydrogen) atoms. The number of nitrogens with one attached hydrogen (secondary N) is 2. The Kier molecular flexibility index (Phi) is 10.4. The van der Waals surface area contributed by atoms with Crippen LogP contribution in [0.1, 0.15) is 11.6 Å². The average molecular weight is 466 g/mol. The quantitative estimate of drug-likeness (QED) is 0.211. The molecule has 0 saturated carbocycles. The number of morpholine rings is 2. The van der Waals surface area contributed by atoms with E-state index in [1.807, 2.05) is 0 Å². The predicted molar refractivity (Wildman–Crippen MR) is 122 cm³/mol. The zero-order valence-corrected chi connectivity index (χ0v) is 19.0. The number of carboxylic acids is 1. The van der Waals surface area contributed by atoms with E-state index in [-0.39, 0.29) is 5.69 Å². The Labute approximate surface area is 194 Å². The molecule has 184 valence electrons. The van der Waals surface area contributed by atoms with Crippen molar-refractivity contribution in [1.29, 1.82) is 0 Å². The molecule has 0 amide bonds. The molecular weight excluding hydrogens is 430 g/mol. The fourth-order valence-electron chi connectivity index (χ4n) is 4.17. The number of non-ortho nitro benzene ring substituents is 1. The SMILES string of the molecule is O=C(O)C(CNCCN1CCOCC1)C(NCCN1CCOCC1)c1ccc([N+](=O)[O-])cc1. The van der Waals surface area contributed by atoms with E-state index in [0.29, 0.717) is 32.8 Å². The van der Waals surface area contributed by atoms with Crippen molar-refractivity contribution in [2.24, 2.45) is 5.92 Å². The molecule has 0 aromatic heterocycles. The van der Waals surface area contributed by atoms with Crippen LogP contribution in [0.2, 0.25) is 0 Å². The molecule has 2 fully saturated rings. The molecule has 3 N–H and O–H groups in total. The highest BCUT2D eigenvalue weighted by molar-refractivity contribution is 5.71. The van der Waals surface area contributed by atoms with Crippen molar-refractivity contribution >= 4 is 11.7 Å². The van der Waals surface area contributed by atoms with Gasteiger partial charge in [0.25, 0.3) is 5.69 Å². The number of nitrogens with zero attached hydrogens (tertiary/aromatic N) is 3. The number of carbonyl (C=O) groups is 1. The smallest absolute Gasteiger partial charge is 0.309 e. The van der Waals surface area contributed by atoms with E-state index < -0.39 is 22.9 Å². The molecule has 3 rings (SSSR count). The van der Waals surface area contributed by atoms with Crippen molar-refractivity contribution in [3.63, 3.8) is 0 Å². The monoisotopic (exact) mass is 465 g/mol. The predicted octanol–water partition coefficient (Wildman–Crippen LogP) is 0.180. The van der Waals surface area contributed by atoms with Crippen LogP contribution in [0.5, 0.6) is 0 Å². The zero-order valence-electron chi connectivity index (χ0n) is 19.0. The molecule has 1 aromatic carbocycles. The van der Waals surface area contributed by atoms with Crippen LogP contribution in [0.3, 0.4) is 0 Å². The maximum atomic E-state index is 12.2. The van der Waals surface area contributed by atoms with Gasteiger partial charge in [-0.15, -0.1) is 0 Å². The van der Waals surface area contributed by atoms with Crippen LogP contribution in [-0.2, 0) is 14.3 Å². The molecule has 2 unspecified atom stereocenters. The first-order valence-corrected chi connectivity index (χ1v) is 11.6. The highest BCUT2D eigenvalue weighted by Gasteiger charge is 2.29. The van der Waals surface area contributed by atoms with Crippen LogP contribution < -0.4 is 10.6 Å². The number of nitro groups is 1. The minimum Gasteiger partial charge on any atom is -0.481 e. The summed E-state index contributed by atoms with van der Waals surface area (Å²) in [4.78, 5) is 27.4. The van der Waals surface area contributed by atoms with Gasteiger partial charge in [-0.05, 0) is 5.56 Å². The fraction of sp³-hybridized carbons (Fsp3) is 0.682. The third-order valence-electron chi connectivity index (χ3n) is 6.15. The largest absolute Gasteiger partial charge is 0.481 e. The van der Waals surface area contributed by atoms with Crippen molar-refractivity contribution in [3.05, 3.63) is 39.9 Å². The normalized spacial score (nSPS) is 19.8. The minimum atomic E-state index is -0.906. The van der Waals surface area contributed by atoms with Gasteiger partial charge in [-0.25, -0.2) is 0 Å². The van der Waals surface area contributed by atoms with Crippen molar-refractivity contribution in [1.82, 2.24) is 20.4 Å². The molecule has 0 radical (unpaired) electrons. The maximum absolute atomic E-state index is 12.2. The summed E-state index contributed by atoms with van der Waals surface area (Å²) in [6.45, 7) is 9.57. The van der Waals surface area contributed by atoms with Gasteiger partial charge in [0.05, 0.1) is 37.3 Å². The first-order valence-electron chi connectivity index (χ1n) is 11.6. The maximum Gasteiger partial charge on any atom is 0.309 e. The first kappa shape index (κ1) is 25.5. The zero-order chi connectivity index (χ0) is 23.5. The molecule has 0 bridgehead atoms.